The molecule has 2 aromatic carbocycles. The third-order valence-electron chi connectivity index (χ3n) is 8.39. The maximum Gasteiger partial charge on any atom is 0.123 e. The Morgan fingerprint density at radius 3 is 2.38 bits per heavy atom. The van der Waals surface area contributed by atoms with Gasteiger partial charge >= 0.3 is 0 Å². The van der Waals surface area contributed by atoms with E-state index in [9.17, 15) is 9.50 Å². The lowest BCUT2D eigenvalue weighted by Gasteiger charge is -2.51. The van der Waals surface area contributed by atoms with E-state index in [1.807, 2.05) is 12.1 Å². The highest BCUT2D eigenvalue weighted by Crippen LogP contribution is 2.45. The van der Waals surface area contributed by atoms with Crippen molar-refractivity contribution in [2.45, 2.75) is 69.6 Å². The van der Waals surface area contributed by atoms with Crippen LogP contribution in [0.2, 0.25) is 0 Å². The molecule has 1 aliphatic carbocycles. The summed E-state index contributed by atoms with van der Waals surface area (Å²) in [5.41, 5.74) is 2.90. The molecule has 0 radical (unpaired) electrons. The average molecular weight is 437 g/mol. The fourth-order valence-electron chi connectivity index (χ4n) is 6.71. The third kappa shape index (κ3) is 4.93. The summed E-state index contributed by atoms with van der Waals surface area (Å²) in [4.78, 5) is 5.10. The highest BCUT2D eigenvalue weighted by atomic mass is 19.1. The van der Waals surface area contributed by atoms with Crippen molar-refractivity contribution in [1.82, 2.24) is 9.80 Å². The molecule has 3 atom stereocenters. The molecule has 3 nitrogen and oxygen atoms in total. The lowest BCUT2D eigenvalue weighted by molar-refractivity contribution is -0.0612. The van der Waals surface area contributed by atoms with E-state index in [0.29, 0.717) is 12.0 Å². The molecule has 0 amide bonds. The molecule has 5 rings (SSSR count). The van der Waals surface area contributed by atoms with Crippen molar-refractivity contribution >= 4 is 0 Å². The van der Waals surface area contributed by atoms with Crippen LogP contribution in [-0.4, -0.2) is 53.2 Å². The number of likely N-dealkylation sites (tertiary alicyclic amines) is 2. The Morgan fingerprint density at radius 1 is 0.906 bits per heavy atom. The Balaban J connectivity index is 1.16. The molecule has 3 aliphatic rings. The van der Waals surface area contributed by atoms with Gasteiger partial charge in [0.2, 0.25) is 0 Å². The molecular formula is C28H37FN2O. The third-order valence-corrected chi connectivity index (χ3v) is 8.39. The normalized spacial score (nSPS) is 30.6. The maximum absolute atomic E-state index is 13.2. The Hall–Kier alpha value is -1.75. The van der Waals surface area contributed by atoms with Crippen LogP contribution in [0.15, 0.2) is 54.6 Å². The number of halogens is 1. The van der Waals surface area contributed by atoms with Crippen molar-refractivity contribution in [2.75, 3.05) is 26.2 Å². The number of aliphatic hydroxyl groups is 1. The molecule has 32 heavy (non-hydrogen) atoms. The molecule has 2 saturated heterocycles. The van der Waals surface area contributed by atoms with Crippen molar-refractivity contribution in [2.24, 2.45) is 5.41 Å². The number of rotatable bonds is 4. The quantitative estimate of drug-likeness (QED) is 0.714. The smallest absolute Gasteiger partial charge is 0.123 e. The number of piperidine rings is 2. The van der Waals surface area contributed by atoms with Gasteiger partial charge in [0, 0.05) is 19.1 Å². The minimum absolute atomic E-state index is 0.168. The molecule has 0 aromatic heterocycles. The van der Waals surface area contributed by atoms with Gasteiger partial charge in [-0.15, -0.1) is 0 Å². The van der Waals surface area contributed by atoms with Crippen LogP contribution in [0.25, 0.3) is 0 Å². The van der Waals surface area contributed by atoms with Gasteiger partial charge in [-0.05, 0) is 99.2 Å². The molecule has 1 N–H and O–H groups in total. The number of hydrogen-bond donors (Lipinski definition) is 1. The van der Waals surface area contributed by atoms with E-state index in [-0.39, 0.29) is 17.3 Å². The van der Waals surface area contributed by atoms with Crippen LogP contribution in [0.4, 0.5) is 4.39 Å². The van der Waals surface area contributed by atoms with E-state index in [2.05, 4.69) is 40.1 Å². The second kappa shape index (κ2) is 9.62. The summed E-state index contributed by atoms with van der Waals surface area (Å²) >= 11 is 0. The van der Waals surface area contributed by atoms with Gasteiger partial charge in [-0.1, -0.05) is 42.5 Å². The van der Waals surface area contributed by atoms with Gasteiger partial charge in [0.05, 0.1) is 6.10 Å². The summed E-state index contributed by atoms with van der Waals surface area (Å²) < 4.78 is 13.2. The van der Waals surface area contributed by atoms with E-state index >= 15 is 0 Å². The van der Waals surface area contributed by atoms with Crippen LogP contribution in [0.1, 0.15) is 62.0 Å². The fraction of sp³-hybridized carbons (Fsp3) is 0.571. The molecule has 2 heterocycles. The van der Waals surface area contributed by atoms with E-state index < -0.39 is 0 Å². The van der Waals surface area contributed by atoms with Crippen LogP contribution in [0, 0.1) is 11.2 Å². The van der Waals surface area contributed by atoms with Crippen LogP contribution in [-0.2, 0) is 6.54 Å². The molecule has 2 aromatic rings. The molecule has 172 valence electrons. The Kier molecular flexibility index (Phi) is 6.64. The maximum atomic E-state index is 13.2. The summed E-state index contributed by atoms with van der Waals surface area (Å²) in [6.45, 7) is 5.25. The standard InChI is InChI=1S/C28H37FN2O/c29-25-9-7-22(8-10-25)20-30-16-4-14-28(21-30)15-11-26(27(32)19-28)31-17-12-24(13-18-31)23-5-2-1-3-6-23/h1-3,5-10,24,26-27,32H,4,11-21H2/t26-,27-,28-/m0/s1. The monoisotopic (exact) mass is 436 g/mol. The summed E-state index contributed by atoms with van der Waals surface area (Å²) in [6, 6.07) is 18.2. The summed E-state index contributed by atoms with van der Waals surface area (Å²) in [5, 5.41) is 11.2. The van der Waals surface area contributed by atoms with Crippen molar-refractivity contribution < 1.29 is 9.50 Å². The molecule has 0 unspecified atom stereocenters. The van der Waals surface area contributed by atoms with Crippen molar-refractivity contribution in [1.29, 1.82) is 0 Å². The van der Waals surface area contributed by atoms with Gasteiger partial charge in [0.1, 0.15) is 5.82 Å². The Morgan fingerprint density at radius 2 is 1.66 bits per heavy atom. The molecular weight excluding hydrogens is 399 g/mol. The lowest BCUT2D eigenvalue weighted by Crippen LogP contribution is -2.55. The first-order valence-corrected chi connectivity index (χ1v) is 12.5. The highest BCUT2D eigenvalue weighted by Gasteiger charge is 2.44. The molecule has 2 aliphatic heterocycles. The first-order chi connectivity index (χ1) is 15.6. The zero-order valence-corrected chi connectivity index (χ0v) is 19.1. The first-order valence-electron chi connectivity index (χ1n) is 12.5. The van der Waals surface area contributed by atoms with Crippen LogP contribution in [0.3, 0.4) is 0 Å². The summed E-state index contributed by atoms with van der Waals surface area (Å²) in [5.74, 6) is 0.496. The van der Waals surface area contributed by atoms with Gasteiger partial charge in [-0.25, -0.2) is 4.39 Å². The molecule has 1 saturated carbocycles. The topological polar surface area (TPSA) is 26.7 Å². The number of aliphatic hydroxyl groups excluding tert-OH is 1. The SMILES string of the molecule is O[C@H]1C[C@]2(CCCN(Cc3ccc(F)cc3)C2)CC[C@@H]1N1CCC(c2ccccc2)CC1. The predicted octanol–water partition coefficient (Wildman–Crippen LogP) is 5.20. The van der Waals surface area contributed by atoms with E-state index in [1.54, 1.807) is 12.1 Å². The largest absolute Gasteiger partial charge is 0.391 e. The zero-order valence-electron chi connectivity index (χ0n) is 19.1. The predicted molar refractivity (Wildman–Crippen MR) is 127 cm³/mol. The van der Waals surface area contributed by atoms with Crippen molar-refractivity contribution in [3.8, 4) is 0 Å². The van der Waals surface area contributed by atoms with Crippen molar-refractivity contribution in [3.05, 3.63) is 71.5 Å². The van der Waals surface area contributed by atoms with Gasteiger partial charge < -0.3 is 5.11 Å². The van der Waals surface area contributed by atoms with Crippen LogP contribution < -0.4 is 0 Å². The second-order valence-electron chi connectivity index (χ2n) is 10.5. The summed E-state index contributed by atoms with van der Waals surface area (Å²) in [6.07, 6.45) is 7.86. The highest BCUT2D eigenvalue weighted by molar-refractivity contribution is 5.20. The lowest BCUT2D eigenvalue weighted by atomic mass is 9.66. The Labute approximate surface area is 192 Å². The second-order valence-corrected chi connectivity index (χ2v) is 10.5. The fourth-order valence-corrected chi connectivity index (χ4v) is 6.71. The minimum atomic E-state index is -0.220. The molecule has 1 spiro atoms. The zero-order chi connectivity index (χ0) is 22.0. The van der Waals surface area contributed by atoms with Gasteiger partial charge in [0.25, 0.3) is 0 Å². The number of nitrogens with zero attached hydrogens (tertiary/aromatic N) is 2. The van der Waals surface area contributed by atoms with Crippen molar-refractivity contribution in [3.63, 3.8) is 0 Å². The van der Waals surface area contributed by atoms with E-state index in [4.69, 9.17) is 0 Å². The van der Waals surface area contributed by atoms with Gasteiger partial charge in [-0.3, -0.25) is 9.80 Å². The van der Waals surface area contributed by atoms with Crippen LogP contribution in [0.5, 0.6) is 0 Å². The minimum Gasteiger partial charge on any atom is -0.391 e. The Bertz CT molecular complexity index is 865. The average Bonchev–Trinajstić information content (AvgIpc) is 2.82. The van der Waals surface area contributed by atoms with E-state index in [1.165, 1.54) is 43.2 Å². The van der Waals surface area contributed by atoms with Gasteiger partial charge in [-0.2, -0.15) is 0 Å². The van der Waals surface area contributed by atoms with E-state index in [0.717, 1.165) is 45.6 Å². The first kappa shape index (κ1) is 22.1. The number of hydrogen-bond acceptors (Lipinski definition) is 3. The molecule has 3 fully saturated rings. The van der Waals surface area contributed by atoms with Gasteiger partial charge in [0.15, 0.2) is 0 Å². The number of benzene rings is 2. The summed E-state index contributed by atoms with van der Waals surface area (Å²) in [7, 11) is 0. The molecule has 4 heteroatoms. The molecule has 0 bridgehead atoms. The van der Waals surface area contributed by atoms with Crippen LogP contribution >= 0.6 is 0 Å².